The summed E-state index contributed by atoms with van der Waals surface area (Å²) in [5.74, 6) is -0.0149. The van der Waals surface area contributed by atoms with Gasteiger partial charge in [0.05, 0.1) is 23.2 Å². The summed E-state index contributed by atoms with van der Waals surface area (Å²) in [7, 11) is -1.37. The highest BCUT2D eigenvalue weighted by Crippen LogP contribution is 2.35. The normalized spacial score (nSPS) is 23.5. The van der Waals surface area contributed by atoms with Gasteiger partial charge in [0.2, 0.25) is 0 Å². The van der Waals surface area contributed by atoms with Gasteiger partial charge in [-0.05, 0) is 24.1 Å². The topological polar surface area (TPSA) is 70.1 Å². The maximum atomic E-state index is 13.1. The Bertz CT molecular complexity index is 990. The predicted molar refractivity (Wildman–Crippen MR) is 110 cm³/mol. The third-order valence-electron chi connectivity index (χ3n) is 5.44. The zero-order chi connectivity index (χ0) is 19.7. The number of carbonyl (C=O) groups is 1. The number of hydrogen-bond acceptors (Lipinski definition) is 5. The molecule has 0 unspecified atom stereocenters. The predicted octanol–water partition coefficient (Wildman–Crippen LogP) is 2.64. The first-order chi connectivity index (χ1) is 13.4. The number of sulfone groups is 1. The molecule has 7 heteroatoms. The van der Waals surface area contributed by atoms with Crippen LogP contribution in [0.4, 0.5) is 5.69 Å². The molecule has 28 heavy (non-hydrogen) atoms. The molecule has 0 radical (unpaired) electrons. The lowest BCUT2D eigenvalue weighted by molar-refractivity contribution is -0.124. The van der Waals surface area contributed by atoms with Gasteiger partial charge in [-0.2, -0.15) is 5.10 Å². The van der Waals surface area contributed by atoms with Crippen molar-refractivity contribution in [3.63, 3.8) is 0 Å². The molecule has 2 atom stereocenters. The summed E-state index contributed by atoms with van der Waals surface area (Å²) in [4.78, 5) is 14.6. The summed E-state index contributed by atoms with van der Waals surface area (Å²) in [6.07, 6.45) is 0.976. The Balaban J connectivity index is 1.61. The lowest BCUT2D eigenvalue weighted by atomic mass is 10.0. The first kappa shape index (κ1) is 18.7. The zero-order valence-electron chi connectivity index (χ0n) is 15.7. The van der Waals surface area contributed by atoms with Gasteiger partial charge in [0, 0.05) is 19.5 Å². The van der Waals surface area contributed by atoms with Gasteiger partial charge in [-0.3, -0.25) is 9.80 Å². The Labute approximate surface area is 165 Å². The fraction of sp³-hybridized carbons (Fsp3) is 0.333. The summed E-state index contributed by atoms with van der Waals surface area (Å²) in [5, 5.41) is 6.54. The van der Waals surface area contributed by atoms with Crippen LogP contribution in [-0.2, 0) is 14.6 Å². The molecular formula is C21H23N3O3S. The van der Waals surface area contributed by atoms with E-state index >= 15 is 0 Å². The van der Waals surface area contributed by atoms with Crippen LogP contribution in [0.1, 0.15) is 24.4 Å². The van der Waals surface area contributed by atoms with Crippen LogP contribution in [0.5, 0.6) is 0 Å². The maximum Gasteiger partial charge on any atom is 0.270 e. The monoisotopic (exact) mass is 397 g/mol. The molecular weight excluding hydrogens is 374 g/mol. The second-order valence-electron chi connectivity index (χ2n) is 7.33. The van der Waals surface area contributed by atoms with E-state index in [0.717, 1.165) is 11.3 Å². The summed E-state index contributed by atoms with van der Waals surface area (Å²) >= 11 is 0. The largest absolute Gasteiger partial charge is 0.337 e. The number of anilines is 1. The third kappa shape index (κ3) is 3.67. The van der Waals surface area contributed by atoms with Crippen molar-refractivity contribution in [2.45, 2.75) is 24.9 Å². The second kappa shape index (κ2) is 7.39. The number of benzene rings is 2. The highest BCUT2D eigenvalue weighted by molar-refractivity contribution is 7.91. The number of hydrazone groups is 1. The van der Waals surface area contributed by atoms with Crippen LogP contribution in [0.25, 0.3) is 0 Å². The van der Waals surface area contributed by atoms with Crippen molar-refractivity contribution in [3.05, 3.63) is 66.2 Å². The molecule has 0 spiro atoms. The average Bonchev–Trinajstić information content (AvgIpc) is 3.32. The smallest absolute Gasteiger partial charge is 0.270 e. The molecule has 0 aliphatic carbocycles. The second-order valence-corrected chi connectivity index (χ2v) is 9.56. The van der Waals surface area contributed by atoms with Crippen molar-refractivity contribution >= 4 is 27.1 Å². The molecule has 4 rings (SSSR count). The molecule has 6 nitrogen and oxygen atoms in total. The van der Waals surface area contributed by atoms with E-state index in [1.807, 2.05) is 65.7 Å². The molecule has 0 saturated carbocycles. The van der Waals surface area contributed by atoms with Crippen LogP contribution in [0.3, 0.4) is 0 Å². The first-order valence-corrected chi connectivity index (χ1v) is 11.2. The van der Waals surface area contributed by atoms with Gasteiger partial charge >= 0.3 is 0 Å². The molecule has 0 aromatic heterocycles. The molecule has 2 aromatic carbocycles. The van der Waals surface area contributed by atoms with Crippen LogP contribution >= 0.6 is 0 Å². The Hall–Kier alpha value is -2.67. The molecule has 2 heterocycles. The van der Waals surface area contributed by atoms with Crippen molar-refractivity contribution in [1.29, 1.82) is 0 Å². The van der Waals surface area contributed by atoms with Gasteiger partial charge in [-0.25, -0.2) is 8.42 Å². The first-order valence-electron chi connectivity index (χ1n) is 9.39. The Morgan fingerprint density at radius 3 is 2.32 bits per heavy atom. The molecule has 2 aromatic rings. The average molecular weight is 398 g/mol. The number of amides is 1. The molecule has 0 N–H and O–H groups in total. The zero-order valence-corrected chi connectivity index (χ0v) is 16.5. The van der Waals surface area contributed by atoms with E-state index in [9.17, 15) is 13.2 Å². The van der Waals surface area contributed by atoms with E-state index in [2.05, 4.69) is 5.10 Å². The SMILES string of the molecule is CN(C(=O)C1=NN(c2ccccc2)[C@@H](c2ccccc2)C1)[C@H]1CCS(=O)(=O)C1. The minimum Gasteiger partial charge on any atom is -0.337 e. The van der Waals surface area contributed by atoms with Crippen molar-refractivity contribution in [2.75, 3.05) is 23.6 Å². The Morgan fingerprint density at radius 2 is 1.71 bits per heavy atom. The molecule has 1 saturated heterocycles. The molecule has 2 aliphatic heterocycles. The van der Waals surface area contributed by atoms with Crippen molar-refractivity contribution in [3.8, 4) is 0 Å². The van der Waals surface area contributed by atoms with E-state index in [0.29, 0.717) is 18.6 Å². The Morgan fingerprint density at radius 1 is 1.07 bits per heavy atom. The quantitative estimate of drug-likeness (QED) is 0.795. The number of para-hydroxylation sites is 1. The van der Waals surface area contributed by atoms with Gasteiger partial charge in [0.25, 0.3) is 5.91 Å². The molecule has 1 amide bonds. The van der Waals surface area contributed by atoms with E-state index in [1.165, 1.54) is 0 Å². The van der Waals surface area contributed by atoms with Gasteiger partial charge in [0.15, 0.2) is 9.84 Å². The highest BCUT2D eigenvalue weighted by Gasteiger charge is 2.38. The van der Waals surface area contributed by atoms with E-state index < -0.39 is 9.84 Å². The summed E-state index contributed by atoms with van der Waals surface area (Å²) < 4.78 is 23.6. The summed E-state index contributed by atoms with van der Waals surface area (Å²) in [5.41, 5.74) is 2.47. The van der Waals surface area contributed by atoms with Gasteiger partial charge < -0.3 is 4.90 Å². The number of nitrogens with zero attached hydrogens (tertiary/aromatic N) is 3. The van der Waals surface area contributed by atoms with Gasteiger partial charge in [0.1, 0.15) is 5.71 Å². The van der Waals surface area contributed by atoms with E-state index in [1.54, 1.807) is 11.9 Å². The van der Waals surface area contributed by atoms with E-state index in [4.69, 9.17) is 0 Å². The highest BCUT2D eigenvalue weighted by atomic mass is 32.2. The van der Waals surface area contributed by atoms with Crippen LogP contribution in [0.2, 0.25) is 0 Å². The number of hydrogen-bond donors (Lipinski definition) is 0. The summed E-state index contributed by atoms with van der Waals surface area (Å²) in [6.45, 7) is 0. The fourth-order valence-electron chi connectivity index (χ4n) is 3.84. The summed E-state index contributed by atoms with van der Waals surface area (Å²) in [6, 6.07) is 19.4. The standard InChI is InChI=1S/C21H23N3O3S/c1-23(18-12-13-28(26,27)15-18)21(25)19-14-20(16-8-4-2-5-9-16)24(22-19)17-10-6-3-7-11-17/h2-11,18,20H,12-15H2,1H3/t18-,20+/m0/s1. The molecule has 146 valence electrons. The molecule has 2 aliphatic rings. The Kier molecular flexibility index (Phi) is 4.93. The molecule has 1 fully saturated rings. The third-order valence-corrected chi connectivity index (χ3v) is 7.19. The van der Waals surface area contributed by atoms with Crippen LogP contribution in [0, 0.1) is 0 Å². The van der Waals surface area contributed by atoms with Crippen LogP contribution in [0.15, 0.2) is 65.8 Å². The number of carbonyl (C=O) groups excluding carboxylic acids is 1. The van der Waals surface area contributed by atoms with Gasteiger partial charge in [-0.15, -0.1) is 0 Å². The molecule has 0 bridgehead atoms. The van der Waals surface area contributed by atoms with Gasteiger partial charge in [-0.1, -0.05) is 48.5 Å². The van der Waals surface area contributed by atoms with Crippen molar-refractivity contribution in [2.24, 2.45) is 5.10 Å². The maximum absolute atomic E-state index is 13.1. The lowest BCUT2D eigenvalue weighted by Gasteiger charge is -2.24. The number of rotatable bonds is 4. The minimum absolute atomic E-state index is 0.0348. The van der Waals surface area contributed by atoms with Crippen molar-refractivity contribution in [1.82, 2.24) is 4.90 Å². The minimum atomic E-state index is -3.05. The van der Waals surface area contributed by atoms with Crippen molar-refractivity contribution < 1.29 is 13.2 Å². The van der Waals surface area contributed by atoms with E-state index in [-0.39, 0.29) is 29.5 Å². The fourth-order valence-corrected chi connectivity index (χ4v) is 5.62. The van der Waals surface area contributed by atoms with Crippen LogP contribution < -0.4 is 5.01 Å². The lowest BCUT2D eigenvalue weighted by Crippen LogP contribution is -2.41. The van der Waals surface area contributed by atoms with Crippen LogP contribution in [-0.4, -0.2) is 49.5 Å².